The number of amides is 1. The number of para-hydroxylation sites is 3. The average Bonchev–Trinajstić information content (AvgIpc) is 2.99. The molecule has 0 atom stereocenters. The Kier molecular flexibility index (Phi) is 5.58. The van der Waals surface area contributed by atoms with Gasteiger partial charge in [0.1, 0.15) is 18.2 Å². The van der Waals surface area contributed by atoms with Crippen LogP contribution in [-0.4, -0.2) is 22.1 Å². The molecular formula is C20H20ClN3O2. The standard InChI is InChI=1S/C20H20ClN3O2/c1-14(2)20(25)22-13-19-23-16-8-4-5-9-17(16)24(19)11-12-26-18-10-6-3-7-15(18)21/h3-10H,1,11-13H2,2H3,(H,22,25). The molecule has 2 aromatic carbocycles. The first-order valence-electron chi connectivity index (χ1n) is 8.31. The van der Waals surface area contributed by atoms with Gasteiger partial charge in [-0.2, -0.15) is 0 Å². The van der Waals surface area contributed by atoms with E-state index in [1.165, 1.54) is 0 Å². The SMILES string of the molecule is C=C(C)C(=O)NCc1nc2ccccc2n1CCOc1ccccc1Cl. The van der Waals surface area contributed by atoms with Crippen molar-refractivity contribution >= 4 is 28.5 Å². The number of hydrogen-bond acceptors (Lipinski definition) is 3. The summed E-state index contributed by atoms with van der Waals surface area (Å²) in [6.45, 7) is 6.68. The van der Waals surface area contributed by atoms with Crippen LogP contribution in [0.2, 0.25) is 5.02 Å². The molecule has 0 aliphatic heterocycles. The van der Waals surface area contributed by atoms with Gasteiger partial charge in [-0.05, 0) is 31.2 Å². The Morgan fingerprint density at radius 3 is 2.73 bits per heavy atom. The first-order chi connectivity index (χ1) is 12.6. The van der Waals surface area contributed by atoms with Crippen LogP contribution in [0.3, 0.4) is 0 Å². The summed E-state index contributed by atoms with van der Waals surface area (Å²) in [6, 6.07) is 15.2. The lowest BCUT2D eigenvalue weighted by Gasteiger charge is -2.12. The largest absolute Gasteiger partial charge is 0.490 e. The summed E-state index contributed by atoms with van der Waals surface area (Å²) in [5.74, 6) is 1.23. The smallest absolute Gasteiger partial charge is 0.246 e. The molecule has 0 bridgehead atoms. The normalized spacial score (nSPS) is 10.7. The van der Waals surface area contributed by atoms with Gasteiger partial charge in [-0.3, -0.25) is 4.79 Å². The number of nitrogens with zero attached hydrogens (tertiary/aromatic N) is 2. The van der Waals surface area contributed by atoms with Gasteiger partial charge in [0, 0.05) is 5.57 Å². The molecule has 1 N–H and O–H groups in total. The maximum atomic E-state index is 11.8. The van der Waals surface area contributed by atoms with E-state index in [0.29, 0.717) is 36.0 Å². The van der Waals surface area contributed by atoms with E-state index < -0.39 is 0 Å². The highest BCUT2D eigenvalue weighted by molar-refractivity contribution is 6.32. The average molecular weight is 370 g/mol. The Bertz CT molecular complexity index is 949. The lowest BCUT2D eigenvalue weighted by atomic mass is 10.3. The van der Waals surface area contributed by atoms with Crippen LogP contribution in [0.25, 0.3) is 11.0 Å². The molecule has 3 aromatic rings. The summed E-state index contributed by atoms with van der Waals surface area (Å²) in [5, 5.41) is 3.41. The zero-order chi connectivity index (χ0) is 18.5. The predicted octanol–water partition coefficient (Wildman–Crippen LogP) is 3.96. The molecule has 1 heterocycles. The predicted molar refractivity (Wildman–Crippen MR) is 103 cm³/mol. The van der Waals surface area contributed by atoms with Gasteiger partial charge in [0.2, 0.25) is 5.91 Å². The quantitative estimate of drug-likeness (QED) is 0.641. The van der Waals surface area contributed by atoms with E-state index in [9.17, 15) is 4.79 Å². The van der Waals surface area contributed by atoms with Gasteiger partial charge in [0.15, 0.2) is 0 Å². The number of ether oxygens (including phenoxy) is 1. The summed E-state index contributed by atoms with van der Waals surface area (Å²) < 4.78 is 7.84. The minimum absolute atomic E-state index is 0.184. The van der Waals surface area contributed by atoms with Crippen LogP contribution in [-0.2, 0) is 17.9 Å². The van der Waals surface area contributed by atoms with Crippen molar-refractivity contribution in [3.05, 3.63) is 71.5 Å². The summed E-state index contributed by atoms with van der Waals surface area (Å²) >= 11 is 6.13. The number of nitrogens with one attached hydrogen (secondary N) is 1. The number of rotatable bonds is 7. The van der Waals surface area contributed by atoms with Crippen molar-refractivity contribution in [3.8, 4) is 5.75 Å². The van der Waals surface area contributed by atoms with Crippen molar-refractivity contribution in [1.29, 1.82) is 0 Å². The van der Waals surface area contributed by atoms with Gasteiger partial charge in [-0.1, -0.05) is 42.4 Å². The minimum Gasteiger partial charge on any atom is -0.490 e. The minimum atomic E-state index is -0.184. The third-order valence-electron chi connectivity index (χ3n) is 3.94. The Balaban J connectivity index is 1.77. The fraction of sp³-hybridized carbons (Fsp3) is 0.200. The maximum Gasteiger partial charge on any atom is 0.246 e. The Labute approximate surface area is 157 Å². The molecule has 1 amide bonds. The molecule has 0 fully saturated rings. The van der Waals surface area contributed by atoms with Gasteiger partial charge in [0.05, 0.1) is 29.1 Å². The molecule has 0 aliphatic carbocycles. The first kappa shape index (κ1) is 18.0. The molecule has 0 aliphatic rings. The zero-order valence-corrected chi connectivity index (χ0v) is 15.3. The Hall–Kier alpha value is -2.79. The van der Waals surface area contributed by atoms with E-state index in [1.54, 1.807) is 13.0 Å². The number of fused-ring (bicyclic) bond motifs is 1. The molecule has 0 spiro atoms. The van der Waals surface area contributed by atoms with Gasteiger partial charge < -0.3 is 14.6 Å². The number of imidazole rings is 1. The highest BCUT2D eigenvalue weighted by Gasteiger charge is 2.12. The van der Waals surface area contributed by atoms with Crippen molar-refractivity contribution in [2.45, 2.75) is 20.0 Å². The number of benzene rings is 2. The Morgan fingerprint density at radius 2 is 1.96 bits per heavy atom. The molecule has 1 aromatic heterocycles. The maximum absolute atomic E-state index is 11.8. The van der Waals surface area contributed by atoms with Crippen molar-refractivity contribution in [2.24, 2.45) is 0 Å². The van der Waals surface area contributed by atoms with Crippen LogP contribution in [0.5, 0.6) is 5.75 Å². The monoisotopic (exact) mass is 369 g/mol. The summed E-state index contributed by atoms with van der Waals surface area (Å²) in [6.07, 6.45) is 0. The molecule has 3 rings (SSSR count). The van der Waals surface area contributed by atoms with Crippen molar-refractivity contribution < 1.29 is 9.53 Å². The van der Waals surface area contributed by atoms with Crippen LogP contribution in [0.1, 0.15) is 12.7 Å². The second kappa shape index (κ2) is 8.06. The molecule has 134 valence electrons. The molecule has 0 saturated heterocycles. The number of carbonyl (C=O) groups is 1. The molecule has 0 unspecified atom stereocenters. The topological polar surface area (TPSA) is 56.2 Å². The number of carbonyl (C=O) groups excluding carboxylic acids is 1. The van der Waals surface area contributed by atoms with E-state index in [0.717, 1.165) is 16.9 Å². The number of hydrogen-bond donors (Lipinski definition) is 1. The number of aromatic nitrogens is 2. The summed E-state index contributed by atoms with van der Waals surface area (Å²) in [4.78, 5) is 16.4. The van der Waals surface area contributed by atoms with E-state index in [1.807, 2.05) is 47.0 Å². The van der Waals surface area contributed by atoms with E-state index in [-0.39, 0.29) is 5.91 Å². The van der Waals surface area contributed by atoms with E-state index in [4.69, 9.17) is 16.3 Å². The van der Waals surface area contributed by atoms with Gasteiger partial charge in [-0.15, -0.1) is 0 Å². The van der Waals surface area contributed by atoms with Crippen LogP contribution >= 0.6 is 11.6 Å². The zero-order valence-electron chi connectivity index (χ0n) is 14.5. The second-order valence-electron chi connectivity index (χ2n) is 5.91. The van der Waals surface area contributed by atoms with Crippen molar-refractivity contribution in [3.63, 3.8) is 0 Å². The molecule has 5 nitrogen and oxygen atoms in total. The summed E-state index contributed by atoms with van der Waals surface area (Å²) in [5.41, 5.74) is 2.34. The first-order valence-corrected chi connectivity index (χ1v) is 8.69. The molecule has 6 heteroatoms. The van der Waals surface area contributed by atoms with Gasteiger partial charge >= 0.3 is 0 Å². The van der Waals surface area contributed by atoms with E-state index >= 15 is 0 Å². The van der Waals surface area contributed by atoms with Gasteiger partial charge in [-0.25, -0.2) is 4.98 Å². The molecule has 26 heavy (non-hydrogen) atoms. The highest BCUT2D eigenvalue weighted by atomic mass is 35.5. The van der Waals surface area contributed by atoms with Crippen LogP contribution in [0.15, 0.2) is 60.7 Å². The van der Waals surface area contributed by atoms with Gasteiger partial charge in [0.25, 0.3) is 0 Å². The second-order valence-corrected chi connectivity index (χ2v) is 6.32. The highest BCUT2D eigenvalue weighted by Crippen LogP contribution is 2.23. The summed E-state index contributed by atoms with van der Waals surface area (Å²) in [7, 11) is 0. The molecular weight excluding hydrogens is 350 g/mol. The fourth-order valence-corrected chi connectivity index (χ4v) is 2.82. The van der Waals surface area contributed by atoms with Crippen molar-refractivity contribution in [1.82, 2.24) is 14.9 Å². The Morgan fingerprint density at radius 1 is 1.23 bits per heavy atom. The van der Waals surface area contributed by atoms with Crippen LogP contribution < -0.4 is 10.1 Å². The van der Waals surface area contributed by atoms with Crippen molar-refractivity contribution in [2.75, 3.05) is 6.61 Å². The lowest BCUT2D eigenvalue weighted by molar-refractivity contribution is -0.117. The third kappa shape index (κ3) is 4.06. The third-order valence-corrected chi connectivity index (χ3v) is 4.25. The lowest BCUT2D eigenvalue weighted by Crippen LogP contribution is -2.25. The van der Waals surface area contributed by atoms with E-state index in [2.05, 4.69) is 16.9 Å². The molecule has 0 saturated carbocycles. The molecule has 0 radical (unpaired) electrons. The fourth-order valence-electron chi connectivity index (χ4n) is 2.63. The van der Waals surface area contributed by atoms with Crippen LogP contribution in [0, 0.1) is 0 Å². The van der Waals surface area contributed by atoms with Crippen LogP contribution in [0.4, 0.5) is 0 Å². The number of halogens is 1.